The molecular weight excluding hydrogens is 371 g/mol. The van der Waals surface area contributed by atoms with Crippen molar-refractivity contribution in [3.05, 3.63) is 52.8 Å². The number of halogens is 2. The van der Waals surface area contributed by atoms with Crippen LogP contribution in [-0.4, -0.2) is 33.2 Å². The molecule has 0 spiro atoms. The fourth-order valence-corrected chi connectivity index (χ4v) is 3.82. The summed E-state index contributed by atoms with van der Waals surface area (Å²) in [5.74, 6) is 0.961. The molecule has 144 valence electrons. The zero-order valence-electron chi connectivity index (χ0n) is 15.4. The predicted octanol–water partition coefficient (Wildman–Crippen LogP) is 2.85. The predicted molar refractivity (Wildman–Crippen MR) is 102 cm³/mol. The van der Waals surface area contributed by atoms with Gasteiger partial charge in [-0.05, 0) is 36.4 Å². The maximum absolute atomic E-state index is 13.2. The lowest BCUT2D eigenvalue weighted by molar-refractivity contribution is -0.910. The first-order valence-corrected chi connectivity index (χ1v) is 9.21. The summed E-state index contributed by atoms with van der Waals surface area (Å²) in [5, 5.41) is 2.96. The van der Waals surface area contributed by atoms with Gasteiger partial charge in [-0.3, -0.25) is 4.79 Å². The molecule has 1 heterocycles. The number of benzene rings is 2. The van der Waals surface area contributed by atoms with Crippen LogP contribution in [-0.2, 0) is 4.79 Å². The topological polar surface area (TPSA) is 52.0 Å². The van der Waals surface area contributed by atoms with Crippen LogP contribution in [0.1, 0.15) is 24.4 Å². The molecule has 7 heteroatoms. The summed E-state index contributed by atoms with van der Waals surface area (Å²) < 4.78 is 24.0. The minimum absolute atomic E-state index is 0.143. The van der Waals surface area contributed by atoms with Crippen LogP contribution in [0.15, 0.2) is 36.4 Å². The van der Waals surface area contributed by atoms with E-state index in [2.05, 4.69) is 5.32 Å². The zero-order valence-corrected chi connectivity index (χ0v) is 16.1. The van der Waals surface area contributed by atoms with Crippen LogP contribution < -0.4 is 19.7 Å². The van der Waals surface area contributed by atoms with E-state index in [0.29, 0.717) is 12.2 Å². The Morgan fingerprint density at radius 1 is 1.26 bits per heavy atom. The second-order valence-electron chi connectivity index (χ2n) is 6.56. The van der Waals surface area contributed by atoms with Crippen LogP contribution in [0.3, 0.4) is 0 Å². The largest absolute Gasteiger partial charge is 0.497 e. The van der Waals surface area contributed by atoms with Crippen molar-refractivity contribution >= 4 is 23.2 Å². The molecule has 1 aliphatic heterocycles. The number of hydrogen-bond donors (Lipinski definition) is 2. The molecule has 0 aliphatic carbocycles. The molecular formula is C20H23ClFN2O3+. The SMILES string of the molecule is COc1ccc(OC)c([C@@H]2CCC[NH+]2CC(=O)Nc2ccc(F)cc2Cl)c1. The van der Waals surface area contributed by atoms with Gasteiger partial charge < -0.3 is 19.7 Å². The van der Waals surface area contributed by atoms with Gasteiger partial charge in [0.05, 0.1) is 37.0 Å². The Bertz CT molecular complexity index is 831. The number of quaternary nitrogens is 1. The molecule has 5 nitrogen and oxygen atoms in total. The summed E-state index contributed by atoms with van der Waals surface area (Å²) in [6.45, 7) is 1.17. The average molecular weight is 394 g/mol. The van der Waals surface area contributed by atoms with E-state index in [1.54, 1.807) is 14.2 Å². The van der Waals surface area contributed by atoms with Crippen molar-refractivity contribution < 1.29 is 23.6 Å². The van der Waals surface area contributed by atoms with Crippen LogP contribution in [0.2, 0.25) is 5.02 Å². The highest BCUT2D eigenvalue weighted by atomic mass is 35.5. The van der Waals surface area contributed by atoms with Gasteiger partial charge in [-0.1, -0.05) is 11.6 Å². The van der Waals surface area contributed by atoms with Crippen LogP contribution in [0.25, 0.3) is 0 Å². The van der Waals surface area contributed by atoms with Crippen LogP contribution in [0, 0.1) is 5.82 Å². The number of carbonyl (C=O) groups is 1. The van der Waals surface area contributed by atoms with E-state index < -0.39 is 5.82 Å². The summed E-state index contributed by atoms with van der Waals surface area (Å²) >= 11 is 6.00. The first-order valence-electron chi connectivity index (χ1n) is 8.83. The highest BCUT2D eigenvalue weighted by Crippen LogP contribution is 2.31. The molecule has 1 unspecified atom stereocenters. The van der Waals surface area contributed by atoms with Gasteiger partial charge in [0.25, 0.3) is 5.91 Å². The van der Waals surface area contributed by atoms with E-state index in [0.717, 1.165) is 41.3 Å². The third-order valence-electron chi connectivity index (χ3n) is 4.89. The summed E-state index contributed by atoms with van der Waals surface area (Å²) in [6, 6.07) is 9.80. The quantitative estimate of drug-likeness (QED) is 0.793. The summed E-state index contributed by atoms with van der Waals surface area (Å²) in [4.78, 5) is 13.7. The lowest BCUT2D eigenvalue weighted by Gasteiger charge is -2.23. The maximum Gasteiger partial charge on any atom is 0.279 e. The normalized spacial score (nSPS) is 19.0. The Balaban J connectivity index is 1.74. The Labute approximate surface area is 163 Å². The van der Waals surface area contributed by atoms with E-state index in [-0.39, 0.29) is 17.0 Å². The van der Waals surface area contributed by atoms with E-state index in [4.69, 9.17) is 21.1 Å². The molecule has 2 N–H and O–H groups in total. The molecule has 2 atom stereocenters. The first-order chi connectivity index (χ1) is 13.0. The summed E-state index contributed by atoms with van der Waals surface area (Å²) in [5.41, 5.74) is 1.45. The molecule has 0 saturated carbocycles. The fraction of sp³-hybridized carbons (Fsp3) is 0.350. The summed E-state index contributed by atoms with van der Waals surface area (Å²) in [7, 11) is 3.27. The van der Waals surface area contributed by atoms with Gasteiger partial charge in [0.1, 0.15) is 23.4 Å². The number of carbonyl (C=O) groups excluding carboxylic acids is 1. The highest BCUT2D eigenvalue weighted by molar-refractivity contribution is 6.33. The number of methoxy groups -OCH3 is 2. The smallest absolute Gasteiger partial charge is 0.279 e. The number of nitrogens with one attached hydrogen (secondary N) is 2. The third kappa shape index (κ3) is 4.51. The monoisotopic (exact) mass is 393 g/mol. The summed E-state index contributed by atoms with van der Waals surface area (Å²) in [6.07, 6.45) is 1.98. The standard InChI is InChI=1S/C20H22ClFN2O3/c1-26-14-6-8-19(27-2)15(11-14)18-4-3-9-24(18)12-20(25)23-17-7-5-13(22)10-16(17)21/h5-8,10-11,18H,3-4,9,12H2,1-2H3,(H,23,25)/p+1/t18-/m0/s1. The van der Waals surface area contributed by atoms with E-state index in [9.17, 15) is 9.18 Å². The average Bonchev–Trinajstić information content (AvgIpc) is 3.11. The molecule has 27 heavy (non-hydrogen) atoms. The van der Waals surface area contributed by atoms with Crippen LogP contribution in [0.5, 0.6) is 11.5 Å². The molecule has 0 bridgehead atoms. The van der Waals surface area contributed by atoms with Crippen molar-refractivity contribution in [2.45, 2.75) is 18.9 Å². The molecule has 0 radical (unpaired) electrons. The van der Waals surface area contributed by atoms with Gasteiger partial charge in [0, 0.05) is 12.8 Å². The third-order valence-corrected chi connectivity index (χ3v) is 5.20. The minimum Gasteiger partial charge on any atom is -0.497 e. The molecule has 1 fully saturated rings. The number of likely N-dealkylation sites (tertiary alicyclic amines) is 1. The minimum atomic E-state index is -0.437. The van der Waals surface area contributed by atoms with E-state index >= 15 is 0 Å². The van der Waals surface area contributed by atoms with Gasteiger partial charge >= 0.3 is 0 Å². The van der Waals surface area contributed by atoms with Crippen LogP contribution in [0.4, 0.5) is 10.1 Å². The van der Waals surface area contributed by atoms with Crippen molar-refractivity contribution in [3.8, 4) is 11.5 Å². The second-order valence-corrected chi connectivity index (χ2v) is 6.97. The molecule has 1 amide bonds. The maximum atomic E-state index is 13.2. The Hall–Kier alpha value is -2.31. The van der Waals surface area contributed by atoms with Crippen molar-refractivity contribution in [3.63, 3.8) is 0 Å². The molecule has 2 aromatic carbocycles. The van der Waals surface area contributed by atoms with Crippen molar-refractivity contribution in [2.75, 3.05) is 32.6 Å². The van der Waals surface area contributed by atoms with Crippen molar-refractivity contribution in [1.29, 1.82) is 0 Å². The highest BCUT2D eigenvalue weighted by Gasteiger charge is 2.34. The Morgan fingerprint density at radius 3 is 2.78 bits per heavy atom. The van der Waals surface area contributed by atoms with Gasteiger partial charge in [0.15, 0.2) is 6.54 Å². The lowest BCUT2D eigenvalue weighted by Crippen LogP contribution is -3.11. The van der Waals surface area contributed by atoms with Crippen molar-refractivity contribution in [1.82, 2.24) is 0 Å². The van der Waals surface area contributed by atoms with Gasteiger partial charge in [-0.25, -0.2) is 4.39 Å². The van der Waals surface area contributed by atoms with Crippen molar-refractivity contribution in [2.24, 2.45) is 0 Å². The number of anilines is 1. The lowest BCUT2D eigenvalue weighted by atomic mass is 10.0. The number of hydrogen-bond acceptors (Lipinski definition) is 3. The first kappa shape index (κ1) is 19.5. The molecule has 1 aliphatic rings. The second kappa shape index (κ2) is 8.59. The van der Waals surface area contributed by atoms with Gasteiger partial charge in [-0.2, -0.15) is 0 Å². The molecule has 2 aromatic rings. The van der Waals surface area contributed by atoms with Crippen LogP contribution >= 0.6 is 11.6 Å². The van der Waals surface area contributed by atoms with E-state index in [1.807, 2.05) is 18.2 Å². The zero-order chi connectivity index (χ0) is 19.4. The number of rotatable bonds is 6. The fourth-order valence-electron chi connectivity index (χ4n) is 3.60. The Kier molecular flexibility index (Phi) is 6.19. The number of ether oxygens (including phenoxy) is 2. The van der Waals surface area contributed by atoms with Gasteiger partial charge in [0.2, 0.25) is 0 Å². The van der Waals surface area contributed by atoms with E-state index in [1.165, 1.54) is 18.2 Å². The van der Waals surface area contributed by atoms with Gasteiger partial charge in [-0.15, -0.1) is 0 Å². The molecule has 3 rings (SSSR count). The molecule has 1 saturated heterocycles. The molecule has 0 aromatic heterocycles. The Morgan fingerprint density at radius 2 is 2.07 bits per heavy atom. The number of amides is 1.